The number of Topliss-reactive ketones (excluding diaryl/α,β-unsaturated/α-hetero) is 1. The molecule has 0 aliphatic heterocycles. The summed E-state index contributed by atoms with van der Waals surface area (Å²) in [5.74, 6) is -0.0476. The van der Waals surface area contributed by atoms with Gasteiger partial charge in [-0.25, -0.2) is 0 Å². The van der Waals surface area contributed by atoms with Crippen molar-refractivity contribution in [3.05, 3.63) is 53.7 Å². The molecule has 2 rings (SSSR count). The quantitative estimate of drug-likeness (QED) is 0.767. The van der Waals surface area contributed by atoms with Crippen molar-refractivity contribution in [1.29, 1.82) is 0 Å². The second kappa shape index (κ2) is 3.97. The molecule has 1 unspecified atom stereocenters. The Hall–Kier alpha value is -1.83. The SMILES string of the molecule is C=CC1CC(N)=C(c2cccc(C)c2)C1=O. The highest BCUT2D eigenvalue weighted by atomic mass is 16.1. The van der Waals surface area contributed by atoms with E-state index in [-0.39, 0.29) is 11.7 Å². The summed E-state index contributed by atoms with van der Waals surface area (Å²) >= 11 is 0. The van der Waals surface area contributed by atoms with Crippen LogP contribution >= 0.6 is 0 Å². The van der Waals surface area contributed by atoms with Gasteiger partial charge >= 0.3 is 0 Å². The van der Waals surface area contributed by atoms with Gasteiger partial charge in [0.05, 0.1) is 0 Å². The summed E-state index contributed by atoms with van der Waals surface area (Å²) in [5, 5.41) is 0. The lowest BCUT2D eigenvalue weighted by Gasteiger charge is -2.05. The van der Waals surface area contributed by atoms with Crippen LogP contribution in [0.1, 0.15) is 17.5 Å². The van der Waals surface area contributed by atoms with Gasteiger partial charge < -0.3 is 5.73 Å². The van der Waals surface area contributed by atoms with Crippen molar-refractivity contribution in [3.63, 3.8) is 0 Å². The number of allylic oxidation sites excluding steroid dienone is 3. The fraction of sp³-hybridized carbons (Fsp3) is 0.214. The van der Waals surface area contributed by atoms with E-state index in [1.807, 2.05) is 31.2 Å². The third-order valence-electron chi connectivity index (χ3n) is 2.94. The molecule has 2 nitrogen and oxygen atoms in total. The first-order valence-electron chi connectivity index (χ1n) is 5.36. The fourth-order valence-corrected chi connectivity index (χ4v) is 2.09. The summed E-state index contributed by atoms with van der Waals surface area (Å²) in [6.45, 7) is 5.67. The minimum Gasteiger partial charge on any atom is -0.401 e. The van der Waals surface area contributed by atoms with Crippen molar-refractivity contribution in [2.75, 3.05) is 0 Å². The first kappa shape index (κ1) is 10.7. The third-order valence-corrected chi connectivity index (χ3v) is 2.94. The Kier molecular flexibility index (Phi) is 2.65. The van der Waals surface area contributed by atoms with E-state index in [1.54, 1.807) is 6.08 Å². The van der Waals surface area contributed by atoms with E-state index in [4.69, 9.17) is 5.73 Å². The number of rotatable bonds is 2. The maximum Gasteiger partial charge on any atom is 0.172 e. The van der Waals surface area contributed by atoms with E-state index in [0.717, 1.165) is 11.1 Å². The maximum atomic E-state index is 12.0. The molecule has 0 heterocycles. The second-order valence-electron chi connectivity index (χ2n) is 4.18. The van der Waals surface area contributed by atoms with Crippen LogP contribution in [0.25, 0.3) is 5.57 Å². The Morgan fingerprint density at radius 2 is 2.25 bits per heavy atom. The Morgan fingerprint density at radius 1 is 1.50 bits per heavy atom. The van der Waals surface area contributed by atoms with Gasteiger partial charge in [0, 0.05) is 23.6 Å². The molecule has 0 radical (unpaired) electrons. The Labute approximate surface area is 95.5 Å². The average Bonchev–Trinajstić information content (AvgIpc) is 2.53. The van der Waals surface area contributed by atoms with Crippen LogP contribution in [0.3, 0.4) is 0 Å². The number of aryl methyl sites for hydroxylation is 1. The van der Waals surface area contributed by atoms with Gasteiger partial charge in [-0.2, -0.15) is 0 Å². The van der Waals surface area contributed by atoms with Crippen molar-refractivity contribution < 1.29 is 4.79 Å². The monoisotopic (exact) mass is 213 g/mol. The largest absolute Gasteiger partial charge is 0.401 e. The van der Waals surface area contributed by atoms with Crippen LogP contribution in [0.4, 0.5) is 0 Å². The van der Waals surface area contributed by atoms with Crippen LogP contribution in [-0.2, 0) is 4.79 Å². The molecular formula is C14H15NO. The van der Waals surface area contributed by atoms with Gasteiger partial charge in [0.1, 0.15) is 0 Å². The van der Waals surface area contributed by atoms with E-state index in [1.165, 1.54) is 0 Å². The molecule has 0 bridgehead atoms. The van der Waals surface area contributed by atoms with E-state index in [9.17, 15) is 4.79 Å². The summed E-state index contributed by atoms with van der Waals surface area (Å²) in [6, 6.07) is 7.87. The molecule has 2 N–H and O–H groups in total. The number of carbonyl (C=O) groups is 1. The Morgan fingerprint density at radius 3 is 2.81 bits per heavy atom. The first-order chi connectivity index (χ1) is 7.63. The van der Waals surface area contributed by atoms with E-state index >= 15 is 0 Å². The lowest BCUT2D eigenvalue weighted by atomic mass is 9.98. The van der Waals surface area contributed by atoms with Gasteiger partial charge in [-0.3, -0.25) is 4.79 Å². The van der Waals surface area contributed by atoms with E-state index in [2.05, 4.69) is 6.58 Å². The molecule has 0 saturated carbocycles. The predicted molar refractivity (Wildman–Crippen MR) is 65.6 cm³/mol. The normalized spacial score (nSPS) is 20.3. The highest BCUT2D eigenvalue weighted by Crippen LogP contribution is 2.33. The van der Waals surface area contributed by atoms with Crippen LogP contribution in [0.2, 0.25) is 0 Å². The number of ketones is 1. The molecule has 0 fully saturated rings. The lowest BCUT2D eigenvalue weighted by Crippen LogP contribution is -2.06. The van der Waals surface area contributed by atoms with Gasteiger partial charge in [0.15, 0.2) is 5.78 Å². The summed E-state index contributed by atoms with van der Waals surface area (Å²) in [4.78, 5) is 12.0. The lowest BCUT2D eigenvalue weighted by molar-refractivity contribution is -0.115. The third kappa shape index (κ3) is 1.67. The smallest absolute Gasteiger partial charge is 0.172 e. The molecule has 82 valence electrons. The molecule has 1 atom stereocenters. The van der Waals surface area contributed by atoms with E-state index in [0.29, 0.717) is 17.7 Å². The van der Waals surface area contributed by atoms with Gasteiger partial charge in [0.2, 0.25) is 0 Å². The molecular weight excluding hydrogens is 198 g/mol. The molecule has 16 heavy (non-hydrogen) atoms. The zero-order valence-corrected chi connectivity index (χ0v) is 9.36. The van der Waals surface area contributed by atoms with Crippen molar-refractivity contribution >= 4 is 11.4 Å². The highest BCUT2D eigenvalue weighted by Gasteiger charge is 2.30. The van der Waals surface area contributed by atoms with Crippen molar-refractivity contribution in [2.45, 2.75) is 13.3 Å². The highest BCUT2D eigenvalue weighted by molar-refractivity contribution is 6.25. The topological polar surface area (TPSA) is 43.1 Å². The second-order valence-corrected chi connectivity index (χ2v) is 4.18. The number of benzene rings is 1. The van der Waals surface area contributed by atoms with Gasteiger partial charge in [-0.15, -0.1) is 6.58 Å². The molecule has 0 saturated heterocycles. The zero-order chi connectivity index (χ0) is 11.7. The standard InChI is InChI=1S/C14H15NO/c1-3-10-8-12(15)13(14(10)16)11-6-4-5-9(2)7-11/h3-7,10H,1,8,15H2,2H3. The zero-order valence-electron chi connectivity index (χ0n) is 9.36. The summed E-state index contributed by atoms with van der Waals surface area (Å²) in [5.41, 5.74) is 9.34. The maximum absolute atomic E-state index is 12.0. The van der Waals surface area contributed by atoms with E-state index < -0.39 is 0 Å². The average molecular weight is 213 g/mol. The Balaban J connectivity index is 2.45. The van der Waals surface area contributed by atoms with Crippen LogP contribution in [0.15, 0.2) is 42.6 Å². The minimum absolute atomic E-state index is 0.0955. The molecule has 1 aromatic carbocycles. The first-order valence-corrected chi connectivity index (χ1v) is 5.36. The van der Waals surface area contributed by atoms with Crippen molar-refractivity contribution in [2.24, 2.45) is 11.7 Å². The van der Waals surface area contributed by atoms with Gasteiger partial charge in [-0.05, 0) is 12.5 Å². The molecule has 0 aromatic heterocycles. The van der Waals surface area contributed by atoms with Gasteiger partial charge in [-0.1, -0.05) is 35.9 Å². The van der Waals surface area contributed by atoms with Crippen LogP contribution in [0, 0.1) is 12.8 Å². The molecule has 1 aromatic rings. The molecule has 0 spiro atoms. The Bertz CT molecular complexity index is 485. The van der Waals surface area contributed by atoms with Crippen LogP contribution in [0.5, 0.6) is 0 Å². The van der Waals surface area contributed by atoms with Crippen LogP contribution in [-0.4, -0.2) is 5.78 Å². The molecule has 2 heteroatoms. The molecule has 1 aliphatic carbocycles. The number of hydrogen-bond donors (Lipinski definition) is 1. The summed E-state index contributed by atoms with van der Waals surface area (Å²) < 4.78 is 0. The number of hydrogen-bond acceptors (Lipinski definition) is 2. The fourth-order valence-electron chi connectivity index (χ4n) is 2.09. The van der Waals surface area contributed by atoms with Crippen molar-refractivity contribution in [1.82, 2.24) is 0 Å². The predicted octanol–water partition coefficient (Wildman–Crippen LogP) is 2.44. The van der Waals surface area contributed by atoms with Crippen molar-refractivity contribution in [3.8, 4) is 0 Å². The summed E-state index contributed by atoms with van der Waals surface area (Å²) in [7, 11) is 0. The minimum atomic E-state index is -0.143. The molecule has 1 aliphatic rings. The summed E-state index contributed by atoms with van der Waals surface area (Å²) in [6.07, 6.45) is 2.28. The van der Waals surface area contributed by atoms with Crippen LogP contribution < -0.4 is 5.73 Å². The van der Waals surface area contributed by atoms with Gasteiger partial charge in [0.25, 0.3) is 0 Å². The number of nitrogens with two attached hydrogens (primary N) is 1. The number of carbonyl (C=O) groups excluding carboxylic acids is 1. The molecule has 0 amide bonds.